The Morgan fingerprint density at radius 3 is 0.500 bits per heavy atom. The van der Waals surface area contributed by atoms with E-state index in [4.69, 9.17) is 214 Å². The first kappa shape index (κ1) is 161. The number of aliphatic hydroxyl groups excluding tert-OH is 42. The lowest BCUT2D eigenvalue weighted by Crippen LogP contribution is -2.32. The minimum absolute atomic E-state index is 0. The zero-order chi connectivity index (χ0) is 106. The lowest BCUT2D eigenvalue weighted by Gasteiger charge is -2.28. The third kappa shape index (κ3) is 103. The van der Waals surface area contributed by atoms with Crippen molar-refractivity contribution < 1.29 is 214 Å². The summed E-state index contributed by atoms with van der Waals surface area (Å²) in [7, 11) is 0. The number of aliphatic hydroxyl groups is 42. The normalized spacial score (nSPS) is 11.5. The SMILES string of the molecule is CC(CCO)(CCO)CCO.CC(CO)(CCO)CCO.CC(CO)(CO)CCCO.CC(CO)(CO)CCO.CC(CO)(CO)CO.CCC(CO)(CCO)CCO.CCC(CO)(CO)CCCO.CCC(CO)(CO)CCO.CCC(CO)(CO)CO.OCC(CO)CO.OCCC(CCO)CCO.OCCC(CO)CCO.OCCC(CO)CO.OCCCC(CO)CO. The third-order valence-corrected chi connectivity index (χ3v) is 22.8. The van der Waals surface area contributed by atoms with Crippen LogP contribution in [0.15, 0.2) is 0 Å². The van der Waals surface area contributed by atoms with Crippen molar-refractivity contribution in [2.75, 3.05) is 277 Å². The lowest BCUT2D eigenvalue weighted by molar-refractivity contribution is 0.00302. The molecule has 42 N–H and O–H groups in total. The van der Waals surface area contributed by atoms with E-state index >= 15 is 0 Å². The highest BCUT2D eigenvalue weighted by Gasteiger charge is 2.30. The zero-order valence-corrected chi connectivity index (χ0v) is 82.5. The molecule has 0 aromatic carbocycles. The molecule has 0 aliphatic heterocycles. The average Bonchev–Trinajstić information content (AvgIpc) is 0.903. The van der Waals surface area contributed by atoms with E-state index in [1.165, 1.54) is 0 Å². The fourth-order valence-electron chi connectivity index (χ4n) is 9.86. The van der Waals surface area contributed by atoms with Gasteiger partial charge in [0.1, 0.15) is 0 Å². The first-order valence-corrected chi connectivity index (χ1v) is 46.2. The van der Waals surface area contributed by atoms with Crippen LogP contribution in [0.5, 0.6) is 0 Å². The van der Waals surface area contributed by atoms with Crippen LogP contribution in [0, 0.1) is 78.3 Å². The molecule has 0 atom stereocenters. The monoisotopic (exact) mass is 1960 g/mol. The summed E-state index contributed by atoms with van der Waals surface area (Å²) in [5.74, 6) is -0.183. The van der Waals surface area contributed by atoms with Crippen LogP contribution in [-0.4, -0.2) is 492 Å². The lowest BCUT2D eigenvalue weighted by atomic mass is 9.80. The quantitative estimate of drug-likeness (QED) is 0.0269. The summed E-state index contributed by atoms with van der Waals surface area (Å²) in [4.78, 5) is 0. The van der Waals surface area contributed by atoms with E-state index in [9.17, 15) is 0 Å². The highest BCUT2D eigenvalue weighted by Crippen LogP contribution is 2.32. The van der Waals surface area contributed by atoms with Gasteiger partial charge in [-0.3, -0.25) is 0 Å². The zero-order valence-electron chi connectivity index (χ0n) is 82.5. The Labute approximate surface area is 790 Å². The molecule has 42 nitrogen and oxygen atoms in total. The van der Waals surface area contributed by atoms with Gasteiger partial charge in [0, 0.05) is 215 Å². The van der Waals surface area contributed by atoms with Crippen LogP contribution in [0.1, 0.15) is 223 Å². The van der Waals surface area contributed by atoms with Gasteiger partial charge in [-0.2, -0.15) is 0 Å². The molecule has 0 bridgehead atoms. The number of hydrogen-bond donors (Lipinski definition) is 42. The molecule has 132 heavy (non-hydrogen) atoms. The van der Waals surface area contributed by atoms with E-state index in [1.807, 2.05) is 41.5 Å². The van der Waals surface area contributed by atoms with Crippen LogP contribution >= 0.6 is 0 Å². The molecule has 0 heterocycles. The topological polar surface area (TPSA) is 850 Å². The van der Waals surface area contributed by atoms with Crippen LogP contribution in [0.4, 0.5) is 0 Å². The predicted molar refractivity (Wildman–Crippen MR) is 503 cm³/mol. The van der Waals surface area contributed by atoms with Crippen molar-refractivity contribution in [1.29, 1.82) is 0 Å². The largest absolute Gasteiger partial charge is 0.396 e. The standard InChI is InChI=1S/3C8H18O3.4C7H16O3.4C6H14O3.2C5H12O3.C4H10O3/c1-8(2-5-9,3-6-10)4-7-11;1-2-8(7-11,3-5-9)4-6-10;1-2-8(6-10,7-11)4-3-5-9;1-7(6-10,2-4-8)3-5-9;8-4-1-7(2-5-9)3-6-10;1-7(5-9,6-10)3-2-4-8;1-2-7(5-9,6-10)3-4-8;1-6(4-8,5-9)2-3-7;7-3-1-6(5-9)2-4-8;1-2-6(3-7,4-8)5-9;7-3-1-2-6(4-8)5-9;1-5(2-6,3-7)4-8;6-2-1-5(3-7)4-8;5-1-4(2-6)3-7/h3*9-11H,2-7H2,1H3;8-10H,2-6H2,1H3;7-10H,1-6H2;2*8-10H,2-6H2,1H3;7-9H,2-5H2,1H3;6-9H,1-5H2;7-9H,2-5H2,1H3;6-9H,1-5H2;6-8H,2-4H2,1H3;5-8H,1-4H2;4-7H,1-3H2. The maximum atomic E-state index is 9.02. The van der Waals surface area contributed by atoms with Crippen molar-refractivity contribution in [3.63, 3.8) is 0 Å². The van der Waals surface area contributed by atoms with E-state index in [2.05, 4.69) is 0 Å². The maximum absolute atomic E-state index is 9.02. The smallest absolute Gasteiger partial charge is 0.0531 e. The van der Waals surface area contributed by atoms with Gasteiger partial charge in [-0.25, -0.2) is 0 Å². The molecule has 0 saturated carbocycles. The van der Waals surface area contributed by atoms with Crippen molar-refractivity contribution in [2.45, 2.75) is 223 Å². The summed E-state index contributed by atoms with van der Waals surface area (Å²) >= 11 is 0. The van der Waals surface area contributed by atoms with Crippen molar-refractivity contribution in [3.8, 4) is 0 Å². The summed E-state index contributed by atoms with van der Waals surface area (Å²) < 4.78 is 0. The molecule has 0 rings (SSSR count). The Morgan fingerprint density at radius 2 is 0.333 bits per heavy atom. The molecule has 0 amide bonds. The average molecular weight is 1960 g/mol. The molecule has 0 aromatic rings. The maximum Gasteiger partial charge on any atom is 0.0531 e. The van der Waals surface area contributed by atoms with Crippen LogP contribution in [0.3, 0.4) is 0 Å². The molecule has 0 aliphatic carbocycles. The van der Waals surface area contributed by atoms with Gasteiger partial charge < -0.3 is 214 Å². The van der Waals surface area contributed by atoms with Gasteiger partial charge in [0.25, 0.3) is 0 Å². The van der Waals surface area contributed by atoms with Crippen LogP contribution in [0.25, 0.3) is 0 Å². The summed E-state index contributed by atoms with van der Waals surface area (Å²) in [6.45, 7) is 16.5. The summed E-state index contributed by atoms with van der Waals surface area (Å²) in [5, 5.41) is 360. The molecule has 0 aromatic heterocycles. The van der Waals surface area contributed by atoms with Crippen LogP contribution in [-0.2, 0) is 0 Å². The van der Waals surface area contributed by atoms with Crippen molar-refractivity contribution in [2.24, 2.45) is 78.3 Å². The van der Waals surface area contributed by atoms with E-state index in [-0.39, 0.29) is 329 Å². The summed E-state index contributed by atoms with van der Waals surface area (Å²) in [6, 6.07) is 0. The molecule has 0 unspecified atom stereocenters. The fraction of sp³-hybridized carbons (Fsp3) is 1.00. The molecule has 0 radical (unpaired) electrons. The summed E-state index contributed by atoms with van der Waals surface area (Å²) in [5.41, 5.74) is -3.79. The Balaban J connectivity index is -0.0000000948. The minimum atomic E-state index is -0.708. The fourth-order valence-corrected chi connectivity index (χ4v) is 9.86. The molecule has 0 aliphatic rings. The second-order valence-electron chi connectivity index (χ2n) is 34.6. The van der Waals surface area contributed by atoms with Crippen LogP contribution in [0.2, 0.25) is 0 Å². The first-order valence-electron chi connectivity index (χ1n) is 46.2. The predicted octanol–water partition coefficient (Wildman–Crippen LogP) is -6.62. The van der Waals surface area contributed by atoms with E-state index in [1.54, 1.807) is 20.8 Å². The molecule has 0 fully saturated rings. The van der Waals surface area contributed by atoms with E-state index in [0.717, 1.165) is 12.8 Å². The molecule has 0 saturated heterocycles. The van der Waals surface area contributed by atoms with Crippen molar-refractivity contribution in [3.05, 3.63) is 0 Å². The van der Waals surface area contributed by atoms with Crippen molar-refractivity contribution in [1.82, 2.24) is 0 Å². The Hall–Kier alpha value is -1.68. The second-order valence-corrected chi connectivity index (χ2v) is 34.6. The molecule has 42 heteroatoms. The van der Waals surface area contributed by atoms with E-state index in [0.29, 0.717) is 148 Å². The first-order chi connectivity index (χ1) is 62.6. The highest BCUT2D eigenvalue weighted by atomic mass is 16.3. The highest BCUT2D eigenvalue weighted by molar-refractivity contribution is 4.80. The number of rotatable bonds is 67. The molecular weight excluding hydrogens is 1750 g/mol. The second kappa shape index (κ2) is 118. The molecule has 0 spiro atoms. The minimum Gasteiger partial charge on any atom is -0.396 e. The Kier molecular flexibility index (Phi) is 144. The molecule has 820 valence electrons. The van der Waals surface area contributed by atoms with Gasteiger partial charge >= 0.3 is 0 Å². The number of hydrogen-bond acceptors (Lipinski definition) is 42. The van der Waals surface area contributed by atoms with Gasteiger partial charge in [0.05, 0.1) is 112 Å². The van der Waals surface area contributed by atoms with E-state index < -0.39 is 27.1 Å². The third-order valence-electron chi connectivity index (χ3n) is 22.8. The van der Waals surface area contributed by atoms with Gasteiger partial charge in [-0.15, -0.1) is 0 Å². The molecular formula is C90H208O42. The van der Waals surface area contributed by atoms with Crippen LogP contribution < -0.4 is 0 Å². The van der Waals surface area contributed by atoms with Gasteiger partial charge in [0.2, 0.25) is 0 Å². The van der Waals surface area contributed by atoms with Gasteiger partial charge in [-0.05, 0) is 189 Å². The Morgan fingerprint density at radius 1 is 0.136 bits per heavy atom. The Bertz CT molecular complexity index is 1890. The van der Waals surface area contributed by atoms with Gasteiger partial charge in [-0.1, -0.05) is 62.3 Å². The summed E-state index contributed by atoms with van der Waals surface area (Å²) in [6.07, 6.45) is 15.6. The van der Waals surface area contributed by atoms with Crippen molar-refractivity contribution >= 4 is 0 Å². The van der Waals surface area contributed by atoms with Gasteiger partial charge in [0.15, 0.2) is 0 Å².